The van der Waals surface area contributed by atoms with Gasteiger partial charge in [0.25, 0.3) is 0 Å². The van der Waals surface area contributed by atoms with Gasteiger partial charge in [0, 0.05) is 17.7 Å². The van der Waals surface area contributed by atoms with Crippen molar-refractivity contribution in [2.24, 2.45) is 7.05 Å². The van der Waals surface area contributed by atoms with Crippen LogP contribution >= 0.6 is 15.9 Å². The van der Waals surface area contributed by atoms with Gasteiger partial charge in [-0.05, 0) is 49.2 Å². The third-order valence-electron chi connectivity index (χ3n) is 3.01. The second kappa shape index (κ2) is 5.61. The zero-order chi connectivity index (χ0) is 14.0. The van der Waals surface area contributed by atoms with E-state index in [-0.39, 0.29) is 12.4 Å². The van der Waals surface area contributed by atoms with Gasteiger partial charge in [-0.15, -0.1) is 0 Å². The van der Waals surface area contributed by atoms with Crippen LogP contribution in [0, 0.1) is 13.8 Å². The number of ether oxygens (including phenoxy) is 1. The molecule has 2 rings (SSSR count). The molecule has 0 unspecified atom stereocenters. The molecule has 0 bridgehead atoms. The quantitative estimate of drug-likeness (QED) is 0.804. The third-order valence-corrected chi connectivity index (χ3v) is 4.26. The van der Waals surface area contributed by atoms with Gasteiger partial charge in [0.15, 0.2) is 6.61 Å². The summed E-state index contributed by atoms with van der Waals surface area (Å²) in [6, 6.07) is 7.50. The zero-order valence-corrected chi connectivity index (χ0v) is 12.8. The van der Waals surface area contributed by atoms with Gasteiger partial charge in [-0.25, -0.2) is 0 Å². The first-order valence-electron chi connectivity index (χ1n) is 6.03. The first kappa shape index (κ1) is 13.9. The van der Waals surface area contributed by atoms with Gasteiger partial charge in [-0.1, -0.05) is 15.9 Å². The van der Waals surface area contributed by atoms with Crippen LogP contribution in [0.2, 0.25) is 0 Å². The summed E-state index contributed by atoms with van der Waals surface area (Å²) in [5.74, 6) is 0.700. The smallest absolute Gasteiger partial charge is 0.216 e. The van der Waals surface area contributed by atoms with Crippen LogP contribution in [0.25, 0.3) is 0 Å². The number of ketones is 1. The maximum Gasteiger partial charge on any atom is 0.216 e. The van der Waals surface area contributed by atoms with Crippen LogP contribution < -0.4 is 4.74 Å². The number of hydrogen-bond acceptors (Lipinski definition) is 2. The highest BCUT2D eigenvalue weighted by atomic mass is 79.9. The summed E-state index contributed by atoms with van der Waals surface area (Å²) < 4.78 is 8.45. The molecule has 100 valence electrons. The molecule has 4 heteroatoms. The number of aryl methyl sites for hydroxylation is 3. The summed E-state index contributed by atoms with van der Waals surface area (Å²) >= 11 is 3.51. The highest BCUT2D eigenvalue weighted by Crippen LogP contribution is 2.26. The van der Waals surface area contributed by atoms with E-state index in [0.29, 0.717) is 5.69 Å². The summed E-state index contributed by atoms with van der Waals surface area (Å²) in [5.41, 5.74) is 2.85. The minimum Gasteiger partial charge on any atom is -0.485 e. The van der Waals surface area contributed by atoms with Crippen molar-refractivity contribution in [3.8, 4) is 5.75 Å². The number of aromatic nitrogens is 1. The normalized spacial score (nSPS) is 10.5. The number of benzene rings is 1. The van der Waals surface area contributed by atoms with Crippen LogP contribution in [-0.4, -0.2) is 17.0 Å². The second-order valence-electron chi connectivity index (χ2n) is 4.59. The maximum absolute atomic E-state index is 12.0. The standard InChI is InChI=1S/C15H16BrNO2/c1-10-7-12(8-11(2)15(10)16)19-9-14(18)13-5-4-6-17(13)3/h4-8H,9H2,1-3H3. The number of halogens is 1. The van der Waals surface area contributed by atoms with Crippen LogP contribution in [0.4, 0.5) is 0 Å². The number of carbonyl (C=O) groups is 1. The average molecular weight is 322 g/mol. The Bertz CT molecular complexity index is 593. The van der Waals surface area contributed by atoms with Crippen molar-refractivity contribution in [1.29, 1.82) is 0 Å². The van der Waals surface area contributed by atoms with Gasteiger partial charge < -0.3 is 9.30 Å². The Morgan fingerprint density at radius 2 is 1.95 bits per heavy atom. The molecular formula is C15H16BrNO2. The van der Waals surface area contributed by atoms with E-state index in [1.807, 2.05) is 45.3 Å². The lowest BCUT2D eigenvalue weighted by atomic mass is 10.1. The van der Waals surface area contributed by atoms with Crippen molar-refractivity contribution >= 4 is 21.7 Å². The van der Waals surface area contributed by atoms with Crippen molar-refractivity contribution in [3.05, 3.63) is 51.8 Å². The van der Waals surface area contributed by atoms with Crippen LogP contribution in [0.5, 0.6) is 5.75 Å². The molecule has 0 atom stereocenters. The molecule has 0 spiro atoms. The molecule has 3 nitrogen and oxygen atoms in total. The molecule has 0 amide bonds. The monoisotopic (exact) mass is 321 g/mol. The Morgan fingerprint density at radius 3 is 2.47 bits per heavy atom. The van der Waals surface area contributed by atoms with Crippen molar-refractivity contribution in [2.75, 3.05) is 6.61 Å². The average Bonchev–Trinajstić information content (AvgIpc) is 2.79. The van der Waals surface area contributed by atoms with Gasteiger partial charge >= 0.3 is 0 Å². The van der Waals surface area contributed by atoms with E-state index in [9.17, 15) is 4.79 Å². The molecule has 0 aliphatic carbocycles. The van der Waals surface area contributed by atoms with Gasteiger partial charge in [-0.2, -0.15) is 0 Å². The number of Topliss-reactive ketones (excluding diaryl/α,β-unsaturated/α-hetero) is 1. The lowest BCUT2D eigenvalue weighted by Crippen LogP contribution is -2.14. The lowest BCUT2D eigenvalue weighted by molar-refractivity contribution is 0.0913. The summed E-state index contributed by atoms with van der Waals surface area (Å²) in [7, 11) is 1.85. The first-order chi connectivity index (χ1) is 8.99. The molecule has 0 aliphatic heterocycles. The molecule has 1 aromatic heterocycles. The van der Waals surface area contributed by atoms with Crippen LogP contribution in [0.3, 0.4) is 0 Å². The number of hydrogen-bond donors (Lipinski definition) is 0. The maximum atomic E-state index is 12.0. The van der Waals surface area contributed by atoms with Crippen molar-refractivity contribution in [2.45, 2.75) is 13.8 Å². The SMILES string of the molecule is Cc1cc(OCC(=O)c2cccn2C)cc(C)c1Br. The van der Waals surface area contributed by atoms with Gasteiger partial charge in [0.2, 0.25) is 5.78 Å². The topological polar surface area (TPSA) is 31.2 Å². The minimum absolute atomic E-state index is 0.0225. The number of nitrogens with zero attached hydrogens (tertiary/aromatic N) is 1. The highest BCUT2D eigenvalue weighted by Gasteiger charge is 2.10. The van der Waals surface area contributed by atoms with E-state index in [1.54, 1.807) is 10.6 Å². The number of rotatable bonds is 4. The van der Waals surface area contributed by atoms with E-state index in [4.69, 9.17) is 4.74 Å². The predicted octanol–water partition coefficient (Wildman–Crippen LogP) is 3.67. The van der Waals surface area contributed by atoms with Crippen LogP contribution in [-0.2, 0) is 7.05 Å². The Kier molecular flexibility index (Phi) is 4.10. The summed E-state index contributed by atoms with van der Waals surface area (Å²) in [6.07, 6.45) is 1.85. The molecule has 0 saturated carbocycles. The lowest BCUT2D eigenvalue weighted by Gasteiger charge is -2.10. The summed E-state index contributed by atoms with van der Waals surface area (Å²) in [4.78, 5) is 12.0. The molecule has 0 N–H and O–H groups in total. The fourth-order valence-corrected chi connectivity index (χ4v) is 2.19. The Morgan fingerprint density at radius 1 is 1.32 bits per heavy atom. The largest absolute Gasteiger partial charge is 0.485 e. The molecule has 0 radical (unpaired) electrons. The van der Waals surface area contributed by atoms with Gasteiger partial charge in [0.1, 0.15) is 5.75 Å². The molecule has 0 fully saturated rings. The van der Waals surface area contributed by atoms with E-state index in [1.165, 1.54) is 0 Å². The van der Waals surface area contributed by atoms with E-state index >= 15 is 0 Å². The molecule has 0 aliphatic rings. The summed E-state index contributed by atoms with van der Waals surface area (Å²) in [6.45, 7) is 4.06. The summed E-state index contributed by atoms with van der Waals surface area (Å²) in [5, 5.41) is 0. The Labute approximate surface area is 121 Å². The molecule has 1 heterocycles. The third kappa shape index (κ3) is 3.07. The van der Waals surface area contributed by atoms with Crippen LogP contribution in [0.15, 0.2) is 34.9 Å². The Hall–Kier alpha value is -1.55. The van der Waals surface area contributed by atoms with Crippen molar-refractivity contribution < 1.29 is 9.53 Å². The fraction of sp³-hybridized carbons (Fsp3) is 0.267. The van der Waals surface area contributed by atoms with Crippen LogP contribution in [0.1, 0.15) is 21.6 Å². The van der Waals surface area contributed by atoms with Crippen molar-refractivity contribution in [3.63, 3.8) is 0 Å². The zero-order valence-electron chi connectivity index (χ0n) is 11.2. The second-order valence-corrected chi connectivity index (χ2v) is 5.38. The van der Waals surface area contributed by atoms with E-state index in [2.05, 4.69) is 15.9 Å². The highest BCUT2D eigenvalue weighted by molar-refractivity contribution is 9.10. The molecule has 1 aromatic carbocycles. The fourth-order valence-electron chi connectivity index (χ4n) is 1.96. The minimum atomic E-state index is -0.0225. The van der Waals surface area contributed by atoms with Crippen molar-refractivity contribution in [1.82, 2.24) is 4.57 Å². The van der Waals surface area contributed by atoms with Gasteiger partial charge in [0.05, 0.1) is 5.69 Å². The molecule has 0 saturated heterocycles. The van der Waals surface area contributed by atoms with Gasteiger partial charge in [-0.3, -0.25) is 4.79 Å². The molecular weight excluding hydrogens is 306 g/mol. The molecule has 19 heavy (non-hydrogen) atoms. The van der Waals surface area contributed by atoms with E-state index in [0.717, 1.165) is 21.3 Å². The predicted molar refractivity (Wildman–Crippen MR) is 78.9 cm³/mol. The van der Waals surface area contributed by atoms with E-state index < -0.39 is 0 Å². The number of carbonyl (C=O) groups excluding carboxylic acids is 1. The first-order valence-corrected chi connectivity index (χ1v) is 6.82. The molecule has 2 aromatic rings. The Balaban J connectivity index is 2.07.